The lowest BCUT2D eigenvalue weighted by Crippen LogP contribution is -2.36. The second-order valence-corrected chi connectivity index (χ2v) is 10.7. The summed E-state index contributed by atoms with van der Waals surface area (Å²) < 4.78 is 25.2. The van der Waals surface area contributed by atoms with Gasteiger partial charge in [0.1, 0.15) is 0 Å². The molecule has 32 heavy (non-hydrogen) atoms. The third-order valence-electron chi connectivity index (χ3n) is 4.83. The lowest BCUT2D eigenvalue weighted by molar-refractivity contribution is -0.123. The molecule has 0 spiro atoms. The van der Waals surface area contributed by atoms with Crippen molar-refractivity contribution in [1.82, 2.24) is 4.72 Å². The number of carbonyl (C=O) groups excluding carboxylic acids is 1. The number of rotatable bonds is 9. The Labute approximate surface area is 197 Å². The first-order valence-corrected chi connectivity index (χ1v) is 13.2. The van der Waals surface area contributed by atoms with E-state index in [4.69, 9.17) is 11.6 Å². The van der Waals surface area contributed by atoms with Crippen molar-refractivity contribution >= 4 is 39.3 Å². The summed E-state index contributed by atoms with van der Waals surface area (Å²) in [7, 11) is -3.69. The van der Waals surface area contributed by atoms with Gasteiger partial charge in [-0.3, -0.25) is 9.52 Å². The zero-order valence-corrected chi connectivity index (χ0v) is 19.8. The molecule has 168 valence electrons. The van der Waals surface area contributed by atoms with Gasteiger partial charge in [-0.25, -0.2) is 8.42 Å². The maximum Gasteiger partial charge on any atom is 0.237 e. The van der Waals surface area contributed by atoms with Gasteiger partial charge >= 0.3 is 0 Å². The highest BCUT2D eigenvalue weighted by molar-refractivity contribution is 7.99. The third-order valence-corrected chi connectivity index (χ3v) is 6.83. The number of aliphatic hydroxyl groups excluding tert-OH is 1. The highest BCUT2D eigenvalue weighted by Gasteiger charge is 2.25. The average molecular weight is 490 g/mol. The Kier molecular flexibility index (Phi) is 8.37. The first kappa shape index (κ1) is 24.3. The Balaban J connectivity index is 1.72. The lowest BCUT2D eigenvalue weighted by atomic mass is 9.96. The minimum absolute atomic E-state index is 0.0987. The molecule has 0 radical (unpaired) electrons. The fraction of sp³-hybridized carbons (Fsp3) is 0.208. The molecule has 2 unspecified atom stereocenters. The highest BCUT2D eigenvalue weighted by Crippen LogP contribution is 2.29. The number of nitrogens with one attached hydrogen (secondary N) is 1. The second kappa shape index (κ2) is 11.0. The zero-order valence-electron chi connectivity index (χ0n) is 17.4. The molecule has 2 atom stereocenters. The first-order valence-electron chi connectivity index (χ1n) is 9.95. The molecule has 0 saturated carbocycles. The summed E-state index contributed by atoms with van der Waals surface area (Å²) in [6.45, 7) is 0. The van der Waals surface area contributed by atoms with Crippen LogP contribution < -0.4 is 4.72 Å². The van der Waals surface area contributed by atoms with Gasteiger partial charge in [-0.05, 0) is 47.4 Å². The van der Waals surface area contributed by atoms with Gasteiger partial charge in [0, 0.05) is 15.7 Å². The maximum absolute atomic E-state index is 12.6. The van der Waals surface area contributed by atoms with Crippen molar-refractivity contribution in [1.29, 1.82) is 0 Å². The molecule has 1 amide bonds. The number of thioether (sulfide) groups is 1. The molecule has 3 rings (SSSR count). The quantitative estimate of drug-likeness (QED) is 0.417. The first-order chi connectivity index (χ1) is 15.2. The van der Waals surface area contributed by atoms with E-state index >= 15 is 0 Å². The van der Waals surface area contributed by atoms with Gasteiger partial charge in [0.25, 0.3) is 0 Å². The standard InChI is InChI=1S/C24H24ClNO4S2/c1-32(29,30)26-24(28)20(16-31-22-5-3-2-4-6-22)15-23(27)19-9-7-17(8-10-19)18-11-13-21(25)14-12-18/h2-14,20,23,27H,15-16H2,1H3,(H,26,28). The second-order valence-electron chi connectivity index (χ2n) is 7.44. The number of hydrogen-bond acceptors (Lipinski definition) is 5. The fourth-order valence-electron chi connectivity index (χ4n) is 3.18. The Morgan fingerprint density at radius 2 is 1.53 bits per heavy atom. The molecular formula is C24H24ClNO4S2. The molecule has 0 aliphatic carbocycles. The summed E-state index contributed by atoms with van der Waals surface area (Å²) in [5.41, 5.74) is 2.63. The normalized spacial score (nSPS) is 13.3. The van der Waals surface area contributed by atoms with E-state index in [1.807, 2.05) is 83.6 Å². The molecule has 0 aliphatic rings. The van der Waals surface area contributed by atoms with Gasteiger partial charge in [0.15, 0.2) is 0 Å². The number of carbonyl (C=O) groups is 1. The van der Waals surface area contributed by atoms with Crippen LogP contribution in [0.3, 0.4) is 0 Å². The van der Waals surface area contributed by atoms with Crippen LogP contribution >= 0.6 is 23.4 Å². The van der Waals surface area contributed by atoms with Crippen molar-refractivity contribution in [3.8, 4) is 11.1 Å². The van der Waals surface area contributed by atoms with E-state index in [0.29, 0.717) is 16.3 Å². The summed E-state index contributed by atoms with van der Waals surface area (Å²) in [6.07, 6.45) is 0.126. The largest absolute Gasteiger partial charge is 0.388 e. The minimum atomic E-state index is -3.69. The Bertz CT molecular complexity index is 1130. The summed E-state index contributed by atoms with van der Waals surface area (Å²) in [5, 5.41) is 11.4. The Hall–Kier alpha value is -2.32. The van der Waals surface area contributed by atoms with E-state index in [1.165, 1.54) is 11.8 Å². The van der Waals surface area contributed by atoms with Crippen molar-refractivity contribution in [2.24, 2.45) is 5.92 Å². The van der Waals surface area contributed by atoms with Crippen LogP contribution in [0.25, 0.3) is 11.1 Å². The summed E-state index contributed by atoms with van der Waals surface area (Å²) in [6, 6.07) is 24.4. The minimum Gasteiger partial charge on any atom is -0.388 e. The highest BCUT2D eigenvalue weighted by atomic mass is 35.5. The van der Waals surface area contributed by atoms with Crippen LogP contribution in [0.15, 0.2) is 83.8 Å². The van der Waals surface area contributed by atoms with Gasteiger partial charge in [0.2, 0.25) is 15.9 Å². The van der Waals surface area contributed by atoms with E-state index in [-0.39, 0.29) is 6.42 Å². The van der Waals surface area contributed by atoms with Crippen LogP contribution in [0, 0.1) is 5.92 Å². The van der Waals surface area contributed by atoms with Crippen LogP contribution in [-0.4, -0.2) is 31.4 Å². The monoisotopic (exact) mass is 489 g/mol. The average Bonchev–Trinajstić information content (AvgIpc) is 2.76. The predicted molar refractivity (Wildman–Crippen MR) is 130 cm³/mol. The third kappa shape index (κ3) is 7.38. The van der Waals surface area contributed by atoms with E-state index in [9.17, 15) is 18.3 Å². The summed E-state index contributed by atoms with van der Waals surface area (Å²) in [5.74, 6) is -0.973. The predicted octanol–water partition coefficient (Wildman–Crippen LogP) is 4.91. The molecule has 0 aliphatic heterocycles. The van der Waals surface area contributed by atoms with Crippen LogP contribution in [0.1, 0.15) is 18.1 Å². The molecule has 0 fully saturated rings. The molecule has 5 nitrogen and oxygen atoms in total. The Morgan fingerprint density at radius 1 is 0.969 bits per heavy atom. The van der Waals surface area contributed by atoms with Gasteiger partial charge in [-0.2, -0.15) is 0 Å². The van der Waals surface area contributed by atoms with E-state index in [0.717, 1.165) is 22.3 Å². The van der Waals surface area contributed by atoms with Crippen LogP contribution in [0.2, 0.25) is 5.02 Å². The van der Waals surface area contributed by atoms with E-state index < -0.39 is 28.0 Å². The molecule has 0 heterocycles. The Morgan fingerprint density at radius 3 is 2.09 bits per heavy atom. The van der Waals surface area contributed by atoms with Crippen molar-refractivity contribution in [3.63, 3.8) is 0 Å². The van der Waals surface area contributed by atoms with Crippen LogP contribution in [0.5, 0.6) is 0 Å². The number of amides is 1. The lowest BCUT2D eigenvalue weighted by Gasteiger charge is -2.20. The molecular weight excluding hydrogens is 466 g/mol. The van der Waals surface area contributed by atoms with Crippen molar-refractivity contribution in [2.45, 2.75) is 17.4 Å². The van der Waals surface area contributed by atoms with Crippen LogP contribution in [0.4, 0.5) is 0 Å². The van der Waals surface area contributed by atoms with Crippen molar-refractivity contribution in [3.05, 3.63) is 89.4 Å². The van der Waals surface area contributed by atoms with Crippen LogP contribution in [-0.2, 0) is 14.8 Å². The van der Waals surface area contributed by atoms with Crippen molar-refractivity contribution < 1.29 is 18.3 Å². The number of halogens is 1. The van der Waals surface area contributed by atoms with E-state index in [2.05, 4.69) is 0 Å². The fourth-order valence-corrected chi connectivity index (χ4v) is 4.86. The summed E-state index contributed by atoms with van der Waals surface area (Å²) in [4.78, 5) is 13.6. The molecule has 0 bridgehead atoms. The topological polar surface area (TPSA) is 83.5 Å². The molecule has 3 aromatic rings. The molecule has 0 aromatic heterocycles. The molecule has 3 aromatic carbocycles. The smallest absolute Gasteiger partial charge is 0.237 e. The van der Waals surface area contributed by atoms with Gasteiger partial charge < -0.3 is 5.11 Å². The van der Waals surface area contributed by atoms with Crippen molar-refractivity contribution in [2.75, 3.05) is 12.0 Å². The van der Waals surface area contributed by atoms with Gasteiger partial charge in [-0.1, -0.05) is 66.2 Å². The van der Waals surface area contributed by atoms with E-state index in [1.54, 1.807) is 0 Å². The molecule has 2 N–H and O–H groups in total. The molecule has 0 saturated heterocycles. The SMILES string of the molecule is CS(=O)(=O)NC(=O)C(CSc1ccccc1)CC(O)c1ccc(-c2ccc(Cl)cc2)cc1. The number of aliphatic hydroxyl groups is 1. The molecule has 8 heteroatoms. The van der Waals surface area contributed by atoms with Gasteiger partial charge in [-0.15, -0.1) is 11.8 Å². The number of benzene rings is 3. The van der Waals surface area contributed by atoms with Gasteiger partial charge in [0.05, 0.1) is 18.3 Å². The summed E-state index contributed by atoms with van der Waals surface area (Å²) >= 11 is 7.38. The number of sulfonamides is 1. The number of hydrogen-bond donors (Lipinski definition) is 2. The maximum atomic E-state index is 12.6. The zero-order chi connectivity index (χ0) is 23.1.